The van der Waals surface area contributed by atoms with Gasteiger partial charge in [0, 0.05) is 17.2 Å². The van der Waals surface area contributed by atoms with Gasteiger partial charge in [0.1, 0.15) is 5.75 Å². The molecule has 2 aliphatic heterocycles. The summed E-state index contributed by atoms with van der Waals surface area (Å²) in [6.07, 6.45) is 2.52. The van der Waals surface area contributed by atoms with Crippen LogP contribution in [-0.2, 0) is 16.0 Å². The van der Waals surface area contributed by atoms with Crippen LogP contribution in [-0.4, -0.2) is 61.1 Å². The lowest BCUT2D eigenvalue weighted by Crippen LogP contribution is -2.32. The Morgan fingerprint density at radius 3 is 2.68 bits per heavy atom. The van der Waals surface area contributed by atoms with Gasteiger partial charge in [0.05, 0.1) is 45.5 Å². The van der Waals surface area contributed by atoms with Gasteiger partial charge in [-0.1, -0.05) is 18.2 Å². The number of morpholine rings is 1. The molecule has 4 rings (SSSR count). The summed E-state index contributed by atoms with van der Waals surface area (Å²) in [5.41, 5.74) is 3.06. The van der Waals surface area contributed by atoms with E-state index in [9.17, 15) is 9.59 Å². The molecular formula is C23H25N3O5. The average molecular weight is 423 g/mol. The van der Waals surface area contributed by atoms with Crippen LogP contribution >= 0.6 is 0 Å². The fourth-order valence-electron chi connectivity index (χ4n) is 3.63. The average Bonchev–Trinajstić information content (AvgIpc) is 2.78. The van der Waals surface area contributed by atoms with Crippen LogP contribution in [0, 0.1) is 5.92 Å². The maximum absolute atomic E-state index is 12.6. The first-order chi connectivity index (χ1) is 15.1. The van der Waals surface area contributed by atoms with Crippen molar-refractivity contribution in [3.8, 4) is 5.75 Å². The zero-order valence-electron chi connectivity index (χ0n) is 17.1. The number of hydrazone groups is 1. The van der Waals surface area contributed by atoms with Gasteiger partial charge < -0.3 is 19.9 Å². The molecule has 0 radical (unpaired) electrons. The van der Waals surface area contributed by atoms with Gasteiger partial charge in [-0.15, -0.1) is 0 Å². The number of hydrogen-bond donors (Lipinski definition) is 2. The summed E-state index contributed by atoms with van der Waals surface area (Å²) in [6.45, 7) is 3.31. The van der Waals surface area contributed by atoms with E-state index in [1.807, 2.05) is 35.3 Å². The molecule has 0 spiro atoms. The first-order valence-electron chi connectivity index (χ1n) is 10.3. The SMILES string of the molecule is O=C(O)CC1COc2cc(C(=O)Nc3ccc(C=NN4CCOCC4)cc3)ccc2C1. The number of carboxylic acid groups (broad SMARTS) is 1. The Morgan fingerprint density at radius 2 is 1.94 bits per heavy atom. The highest BCUT2D eigenvalue weighted by atomic mass is 16.5. The van der Waals surface area contributed by atoms with Crippen LogP contribution in [0.25, 0.3) is 0 Å². The number of hydrogen-bond acceptors (Lipinski definition) is 6. The van der Waals surface area contributed by atoms with Crippen LogP contribution < -0.4 is 10.1 Å². The van der Waals surface area contributed by atoms with Crippen LogP contribution in [0.4, 0.5) is 5.69 Å². The lowest BCUT2D eigenvalue weighted by Gasteiger charge is -2.24. The van der Waals surface area contributed by atoms with Gasteiger partial charge in [-0.25, -0.2) is 0 Å². The van der Waals surface area contributed by atoms with Crippen LogP contribution in [0.1, 0.15) is 27.9 Å². The lowest BCUT2D eigenvalue weighted by molar-refractivity contribution is -0.138. The van der Waals surface area contributed by atoms with E-state index in [4.69, 9.17) is 14.6 Å². The molecule has 8 heteroatoms. The predicted molar refractivity (Wildman–Crippen MR) is 116 cm³/mol. The first-order valence-corrected chi connectivity index (χ1v) is 10.3. The van der Waals surface area contributed by atoms with Crippen molar-refractivity contribution in [1.29, 1.82) is 0 Å². The molecule has 1 atom stereocenters. The highest BCUT2D eigenvalue weighted by Crippen LogP contribution is 2.30. The highest BCUT2D eigenvalue weighted by molar-refractivity contribution is 6.04. The van der Waals surface area contributed by atoms with Crippen molar-refractivity contribution in [3.63, 3.8) is 0 Å². The van der Waals surface area contributed by atoms with E-state index >= 15 is 0 Å². The third-order valence-corrected chi connectivity index (χ3v) is 5.30. The number of carboxylic acids is 1. The predicted octanol–water partition coefficient (Wildman–Crippen LogP) is 2.63. The normalized spacial score (nSPS) is 18.3. The van der Waals surface area contributed by atoms with E-state index in [0.717, 1.165) is 24.2 Å². The van der Waals surface area contributed by atoms with E-state index in [1.165, 1.54) is 0 Å². The molecule has 2 N–H and O–H groups in total. The van der Waals surface area contributed by atoms with Crippen LogP contribution in [0.5, 0.6) is 5.75 Å². The molecule has 0 saturated carbocycles. The summed E-state index contributed by atoms with van der Waals surface area (Å²) in [6, 6.07) is 12.8. The fourth-order valence-corrected chi connectivity index (χ4v) is 3.63. The Labute approximate surface area is 180 Å². The Morgan fingerprint density at radius 1 is 1.16 bits per heavy atom. The second-order valence-corrected chi connectivity index (χ2v) is 7.69. The number of carbonyl (C=O) groups is 2. The molecule has 1 unspecified atom stereocenters. The number of carbonyl (C=O) groups excluding carboxylic acids is 1. The molecular weight excluding hydrogens is 398 g/mol. The number of nitrogens with one attached hydrogen (secondary N) is 1. The number of rotatable bonds is 6. The number of aliphatic carboxylic acids is 1. The first kappa shape index (κ1) is 20.9. The van der Waals surface area contributed by atoms with E-state index in [1.54, 1.807) is 18.3 Å². The number of fused-ring (bicyclic) bond motifs is 1. The van der Waals surface area contributed by atoms with Crippen LogP contribution in [0.3, 0.4) is 0 Å². The van der Waals surface area contributed by atoms with E-state index in [0.29, 0.717) is 43.2 Å². The lowest BCUT2D eigenvalue weighted by atomic mass is 9.93. The molecule has 162 valence electrons. The summed E-state index contributed by atoms with van der Waals surface area (Å²) in [7, 11) is 0. The fraction of sp³-hybridized carbons (Fsp3) is 0.348. The maximum Gasteiger partial charge on any atom is 0.303 e. The Bertz CT molecular complexity index is 968. The van der Waals surface area contributed by atoms with Crippen molar-refractivity contribution < 1.29 is 24.2 Å². The van der Waals surface area contributed by atoms with Gasteiger partial charge in [0.15, 0.2) is 0 Å². The van der Waals surface area contributed by atoms with Gasteiger partial charge >= 0.3 is 5.97 Å². The largest absolute Gasteiger partial charge is 0.493 e. The Kier molecular flexibility index (Phi) is 6.47. The minimum Gasteiger partial charge on any atom is -0.493 e. The van der Waals surface area contributed by atoms with Crippen LogP contribution in [0.15, 0.2) is 47.6 Å². The minimum absolute atomic E-state index is 0.0463. The quantitative estimate of drug-likeness (QED) is 0.693. The summed E-state index contributed by atoms with van der Waals surface area (Å²) < 4.78 is 11.0. The molecule has 8 nitrogen and oxygen atoms in total. The third-order valence-electron chi connectivity index (χ3n) is 5.30. The van der Waals surface area contributed by atoms with E-state index in [2.05, 4.69) is 10.4 Å². The summed E-state index contributed by atoms with van der Waals surface area (Å²) in [4.78, 5) is 23.5. The molecule has 1 fully saturated rings. The maximum atomic E-state index is 12.6. The van der Waals surface area contributed by atoms with Gasteiger partial charge in [-0.05, 0) is 41.8 Å². The third kappa shape index (κ3) is 5.61. The second kappa shape index (κ2) is 9.61. The van der Waals surface area contributed by atoms with Gasteiger partial charge in [-0.2, -0.15) is 5.10 Å². The standard InChI is InChI=1S/C23H25N3O5/c27-22(28)12-17-11-18-3-4-19(13-21(18)31-15-17)23(29)25-20-5-1-16(2-6-20)14-24-26-7-9-30-10-8-26/h1-6,13-14,17H,7-12,15H2,(H,25,29)(H,27,28). The summed E-state index contributed by atoms with van der Waals surface area (Å²) in [5, 5.41) is 18.3. The Balaban J connectivity index is 1.35. The van der Waals surface area contributed by atoms with Gasteiger partial charge in [0.2, 0.25) is 0 Å². The van der Waals surface area contributed by atoms with Crippen molar-refractivity contribution in [3.05, 3.63) is 59.2 Å². The second-order valence-electron chi connectivity index (χ2n) is 7.69. The molecule has 2 aromatic carbocycles. The molecule has 0 aromatic heterocycles. The van der Waals surface area contributed by atoms with Crippen molar-refractivity contribution in [2.45, 2.75) is 12.8 Å². The molecule has 31 heavy (non-hydrogen) atoms. The highest BCUT2D eigenvalue weighted by Gasteiger charge is 2.23. The van der Waals surface area contributed by atoms with Crippen molar-refractivity contribution in [2.75, 3.05) is 38.2 Å². The number of nitrogens with zero attached hydrogens (tertiary/aromatic N) is 2. The summed E-state index contributed by atoms with van der Waals surface area (Å²) >= 11 is 0. The molecule has 2 aliphatic rings. The monoisotopic (exact) mass is 423 g/mol. The molecule has 0 bridgehead atoms. The van der Waals surface area contributed by atoms with E-state index < -0.39 is 5.97 Å². The van der Waals surface area contributed by atoms with Crippen molar-refractivity contribution in [2.24, 2.45) is 11.0 Å². The van der Waals surface area contributed by atoms with E-state index in [-0.39, 0.29) is 18.2 Å². The smallest absolute Gasteiger partial charge is 0.303 e. The van der Waals surface area contributed by atoms with Gasteiger partial charge in [-0.3, -0.25) is 14.6 Å². The van der Waals surface area contributed by atoms with Gasteiger partial charge in [0.25, 0.3) is 5.91 Å². The Hall–Kier alpha value is -3.39. The molecule has 2 aromatic rings. The number of amides is 1. The minimum atomic E-state index is -0.827. The van der Waals surface area contributed by atoms with Crippen LogP contribution in [0.2, 0.25) is 0 Å². The number of anilines is 1. The zero-order valence-corrected chi connectivity index (χ0v) is 17.1. The molecule has 0 aliphatic carbocycles. The zero-order chi connectivity index (χ0) is 21.6. The number of ether oxygens (including phenoxy) is 2. The van der Waals surface area contributed by atoms with Crippen molar-refractivity contribution >= 4 is 23.8 Å². The summed E-state index contributed by atoms with van der Waals surface area (Å²) in [5.74, 6) is -0.459. The van der Waals surface area contributed by atoms with Crippen molar-refractivity contribution in [1.82, 2.24) is 5.01 Å². The molecule has 2 heterocycles. The molecule has 1 amide bonds. The number of benzene rings is 2. The topological polar surface area (TPSA) is 100 Å². The molecule has 1 saturated heterocycles.